The summed E-state index contributed by atoms with van der Waals surface area (Å²) in [7, 11) is 0. The van der Waals surface area contributed by atoms with Gasteiger partial charge in [-0.05, 0) is 6.07 Å². The first kappa shape index (κ1) is 12.8. The van der Waals surface area contributed by atoms with Crippen molar-refractivity contribution in [3.05, 3.63) is 65.7 Å². The van der Waals surface area contributed by atoms with Crippen molar-refractivity contribution in [3.63, 3.8) is 0 Å². The quantitative estimate of drug-likeness (QED) is 0.776. The van der Waals surface area contributed by atoms with Gasteiger partial charge in [0.2, 0.25) is 0 Å². The molecule has 1 heterocycles. The van der Waals surface area contributed by atoms with E-state index in [1.165, 1.54) is 0 Å². The van der Waals surface area contributed by atoms with Gasteiger partial charge in [0.05, 0.1) is 22.3 Å². The fourth-order valence-corrected chi connectivity index (χ4v) is 2.35. The van der Waals surface area contributed by atoms with Crippen LogP contribution in [0.5, 0.6) is 0 Å². The van der Waals surface area contributed by atoms with Crippen molar-refractivity contribution >= 4 is 16.9 Å². The van der Waals surface area contributed by atoms with Gasteiger partial charge in [-0.2, -0.15) is 5.26 Å². The Balaban J connectivity index is 2.46. The van der Waals surface area contributed by atoms with Gasteiger partial charge in [0.1, 0.15) is 6.07 Å². The molecule has 4 nitrogen and oxygen atoms in total. The van der Waals surface area contributed by atoms with Crippen LogP contribution in [-0.2, 0) is 0 Å². The topological polar surface area (TPSA) is 74.0 Å². The Kier molecular flexibility index (Phi) is 3.09. The summed E-state index contributed by atoms with van der Waals surface area (Å²) in [6, 6.07) is 18.1. The van der Waals surface area contributed by atoms with Crippen molar-refractivity contribution in [2.24, 2.45) is 0 Å². The molecule has 3 aromatic rings. The van der Waals surface area contributed by atoms with Gasteiger partial charge in [-0.25, -0.2) is 9.78 Å². The number of carbonyl (C=O) groups is 1. The standard InChI is InChI=1S/C17H10N2O2/c18-10-13-15(17(20)21)12-8-4-5-9-14(12)19-16(13)11-6-2-1-3-7-11/h1-9H,(H,20,21). The maximum Gasteiger partial charge on any atom is 0.337 e. The number of carboxylic acid groups (broad SMARTS) is 1. The zero-order valence-corrected chi connectivity index (χ0v) is 10.9. The molecule has 0 saturated heterocycles. The number of rotatable bonds is 2. The fourth-order valence-electron chi connectivity index (χ4n) is 2.35. The first-order chi connectivity index (χ1) is 10.2. The van der Waals surface area contributed by atoms with Crippen molar-refractivity contribution < 1.29 is 9.90 Å². The van der Waals surface area contributed by atoms with Gasteiger partial charge in [0.15, 0.2) is 0 Å². The molecule has 0 aliphatic carbocycles. The lowest BCUT2D eigenvalue weighted by Crippen LogP contribution is -2.05. The Morgan fingerprint density at radius 2 is 1.71 bits per heavy atom. The lowest BCUT2D eigenvalue weighted by atomic mass is 9.97. The van der Waals surface area contributed by atoms with Crippen LogP contribution >= 0.6 is 0 Å². The normalized spacial score (nSPS) is 10.2. The molecule has 0 radical (unpaired) electrons. The molecule has 1 aromatic heterocycles. The highest BCUT2D eigenvalue weighted by Crippen LogP contribution is 2.29. The zero-order chi connectivity index (χ0) is 14.8. The third kappa shape index (κ3) is 2.11. The first-order valence-corrected chi connectivity index (χ1v) is 6.34. The second-order valence-corrected chi connectivity index (χ2v) is 4.51. The third-order valence-corrected chi connectivity index (χ3v) is 3.27. The summed E-state index contributed by atoms with van der Waals surface area (Å²) in [5, 5.41) is 19.4. The highest BCUT2D eigenvalue weighted by molar-refractivity contribution is 6.06. The van der Waals surface area contributed by atoms with Gasteiger partial charge in [0.25, 0.3) is 0 Å². The van der Waals surface area contributed by atoms with E-state index in [0.29, 0.717) is 16.6 Å². The SMILES string of the molecule is N#Cc1c(-c2ccccc2)nc2ccccc2c1C(=O)O. The molecule has 0 spiro atoms. The molecule has 0 aliphatic heterocycles. The van der Waals surface area contributed by atoms with Crippen LogP contribution in [0, 0.1) is 11.3 Å². The van der Waals surface area contributed by atoms with E-state index in [0.717, 1.165) is 5.56 Å². The van der Waals surface area contributed by atoms with E-state index in [9.17, 15) is 15.2 Å². The highest BCUT2D eigenvalue weighted by atomic mass is 16.4. The third-order valence-electron chi connectivity index (χ3n) is 3.27. The van der Waals surface area contributed by atoms with Crippen molar-refractivity contribution in [2.45, 2.75) is 0 Å². The van der Waals surface area contributed by atoms with Crippen LogP contribution in [0.15, 0.2) is 54.6 Å². The second kappa shape index (κ2) is 5.06. The lowest BCUT2D eigenvalue weighted by Gasteiger charge is -2.10. The van der Waals surface area contributed by atoms with Gasteiger partial charge >= 0.3 is 5.97 Å². The monoisotopic (exact) mass is 274 g/mol. The average Bonchev–Trinajstić information content (AvgIpc) is 2.53. The average molecular weight is 274 g/mol. The van der Waals surface area contributed by atoms with Crippen LogP contribution in [0.4, 0.5) is 0 Å². The van der Waals surface area contributed by atoms with Gasteiger partial charge in [0, 0.05) is 10.9 Å². The predicted octanol–water partition coefficient (Wildman–Crippen LogP) is 3.47. The van der Waals surface area contributed by atoms with Crippen LogP contribution in [0.25, 0.3) is 22.2 Å². The molecule has 0 amide bonds. The summed E-state index contributed by atoms with van der Waals surface area (Å²) in [5.41, 5.74) is 1.78. The molecule has 0 bridgehead atoms. The zero-order valence-electron chi connectivity index (χ0n) is 10.9. The first-order valence-electron chi connectivity index (χ1n) is 6.34. The minimum absolute atomic E-state index is 0.00181. The number of hydrogen-bond acceptors (Lipinski definition) is 3. The molecule has 2 aromatic carbocycles. The number of benzene rings is 2. The number of hydrogen-bond donors (Lipinski definition) is 1. The number of fused-ring (bicyclic) bond motifs is 1. The summed E-state index contributed by atoms with van der Waals surface area (Å²) in [6.45, 7) is 0. The molecule has 21 heavy (non-hydrogen) atoms. The van der Waals surface area contributed by atoms with Gasteiger partial charge in [-0.15, -0.1) is 0 Å². The Hall–Kier alpha value is -3.19. The van der Waals surface area contributed by atoms with Gasteiger partial charge in [-0.1, -0.05) is 48.5 Å². The van der Waals surface area contributed by atoms with E-state index in [-0.39, 0.29) is 11.1 Å². The molecule has 0 atom stereocenters. The van der Waals surface area contributed by atoms with Crippen LogP contribution in [0.3, 0.4) is 0 Å². The largest absolute Gasteiger partial charge is 0.478 e. The molecule has 4 heteroatoms. The number of aromatic carboxylic acids is 1. The predicted molar refractivity (Wildman–Crippen MR) is 78.9 cm³/mol. The molecule has 3 rings (SSSR count). The van der Waals surface area contributed by atoms with E-state index in [2.05, 4.69) is 4.98 Å². The van der Waals surface area contributed by atoms with Gasteiger partial charge in [-0.3, -0.25) is 0 Å². The summed E-state index contributed by atoms with van der Waals surface area (Å²) < 4.78 is 0. The van der Waals surface area contributed by atoms with E-state index < -0.39 is 5.97 Å². The van der Waals surface area contributed by atoms with Crippen LogP contribution in [0.1, 0.15) is 15.9 Å². The molecule has 1 N–H and O–H groups in total. The van der Waals surface area contributed by atoms with E-state index in [1.54, 1.807) is 24.3 Å². The van der Waals surface area contributed by atoms with Crippen molar-refractivity contribution in [2.75, 3.05) is 0 Å². The van der Waals surface area contributed by atoms with Crippen molar-refractivity contribution in [1.82, 2.24) is 4.98 Å². The van der Waals surface area contributed by atoms with Crippen LogP contribution in [0.2, 0.25) is 0 Å². The number of nitriles is 1. The molecule has 0 fully saturated rings. The summed E-state index contributed by atoms with van der Waals surface area (Å²) in [5.74, 6) is -1.12. The molecular weight excluding hydrogens is 264 g/mol. The molecule has 0 saturated carbocycles. The van der Waals surface area contributed by atoms with Crippen LogP contribution < -0.4 is 0 Å². The number of para-hydroxylation sites is 1. The molecule has 0 aliphatic rings. The number of aromatic nitrogens is 1. The summed E-state index contributed by atoms with van der Waals surface area (Å²) in [4.78, 5) is 16.1. The molecular formula is C17H10N2O2. The highest BCUT2D eigenvalue weighted by Gasteiger charge is 2.20. The number of pyridine rings is 1. The maximum absolute atomic E-state index is 11.6. The number of nitrogens with zero attached hydrogens (tertiary/aromatic N) is 2. The number of carboxylic acids is 1. The smallest absolute Gasteiger partial charge is 0.337 e. The minimum atomic E-state index is -1.12. The maximum atomic E-state index is 11.6. The molecule has 100 valence electrons. The Labute approximate surface area is 120 Å². The van der Waals surface area contributed by atoms with Crippen molar-refractivity contribution in [1.29, 1.82) is 5.26 Å². The van der Waals surface area contributed by atoms with E-state index in [1.807, 2.05) is 36.4 Å². The Morgan fingerprint density at radius 3 is 2.38 bits per heavy atom. The summed E-state index contributed by atoms with van der Waals surface area (Å²) in [6.07, 6.45) is 0. The van der Waals surface area contributed by atoms with Crippen molar-refractivity contribution in [3.8, 4) is 17.3 Å². The second-order valence-electron chi connectivity index (χ2n) is 4.51. The minimum Gasteiger partial charge on any atom is -0.478 e. The Morgan fingerprint density at radius 1 is 1.05 bits per heavy atom. The lowest BCUT2D eigenvalue weighted by molar-refractivity contribution is 0.0698. The van der Waals surface area contributed by atoms with E-state index >= 15 is 0 Å². The van der Waals surface area contributed by atoms with Crippen LogP contribution in [-0.4, -0.2) is 16.1 Å². The molecule has 0 unspecified atom stereocenters. The van der Waals surface area contributed by atoms with E-state index in [4.69, 9.17) is 0 Å². The Bertz CT molecular complexity index is 880. The fraction of sp³-hybridized carbons (Fsp3) is 0. The summed E-state index contributed by atoms with van der Waals surface area (Å²) >= 11 is 0. The van der Waals surface area contributed by atoms with Gasteiger partial charge < -0.3 is 5.11 Å².